The van der Waals surface area contributed by atoms with E-state index < -0.39 is 0 Å². The number of benzene rings is 2. The maximum atomic E-state index is 5.01. The number of hydrogen-bond acceptors (Lipinski definition) is 4. The number of piperidine rings is 1. The Bertz CT molecular complexity index is 899. The third kappa shape index (κ3) is 3.29. The minimum absolute atomic E-state index is 0.498. The molecule has 3 aromatic rings. The predicted octanol–water partition coefficient (Wildman–Crippen LogP) is 4.14. The maximum Gasteiger partial charge on any atom is 0.226 e. The van der Waals surface area contributed by atoms with Crippen molar-refractivity contribution in [1.82, 2.24) is 14.9 Å². The van der Waals surface area contributed by atoms with Gasteiger partial charge in [0.2, 0.25) is 5.95 Å². The summed E-state index contributed by atoms with van der Waals surface area (Å²) in [7, 11) is 4.33. The van der Waals surface area contributed by atoms with E-state index in [-0.39, 0.29) is 0 Å². The molecule has 2 heterocycles. The zero-order chi connectivity index (χ0) is 18.1. The van der Waals surface area contributed by atoms with Gasteiger partial charge in [0.25, 0.3) is 0 Å². The van der Waals surface area contributed by atoms with Crippen LogP contribution in [0.5, 0.6) is 0 Å². The molecule has 0 spiro atoms. The van der Waals surface area contributed by atoms with Gasteiger partial charge in [-0.1, -0.05) is 42.0 Å². The molecule has 4 nitrogen and oxygen atoms in total. The van der Waals surface area contributed by atoms with Gasteiger partial charge in [-0.25, -0.2) is 9.97 Å². The van der Waals surface area contributed by atoms with Crippen LogP contribution in [0.4, 0.5) is 5.95 Å². The Balaban J connectivity index is 1.80. The minimum atomic E-state index is 0.498. The fourth-order valence-electron chi connectivity index (χ4n) is 3.75. The summed E-state index contributed by atoms with van der Waals surface area (Å²) in [5.41, 5.74) is 4.41. The fraction of sp³-hybridized carbons (Fsp3) is 0.364. The van der Waals surface area contributed by atoms with Crippen LogP contribution in [0.3, 0.4) is 0 Å². The van der Waals surface area contributed by atoms with Crippen molar-refractivity contribution < 1.29 is 0 Å². The van der Waals surface area contributed by atoms with E-state index >= 15 is 0 Å². The standard InChI is InChI=1S/C22H26N4/c1-16-9-10-20-19(15-16)21(17-7-5-4-6-8-17)24-22(23-20)26(3)18-11-13-25(2)14-12-18/h4-10,15,18H,11-14H2,1-3H3. The molecule has 0 amide bonds. The van der Waals surface area contributed by atoms with Gasteiger partial charge in [0, 0.05) is 24.0 Å². The van der Waals surface area contributed by atoms with Crippen LogP contribution in [-0.4, -0.2) is 48.1 Å². The monoisotopic (exact) mass is 346 g/mol. The molecule has 1 aromatic heterocycles. The van der Waals surface area contributed by atoms with E-state index in [0.29, 0.717) is 6.04 Å². The van der Waals surface area contributed by atoms with Crippen LogP contribution in [0, 0.1) is 6.92 Å². The maximum absolute atomic E-state index is 5.01. The van der Waals surface area contributed by atoms with Crippen LogP contribution in [-0.2, 0) is 0 Å². The summed E-state index contributed by atoms with van der Waals surface area (Å²) < 4.78 is 0. The lowest BCUT2D eigenvalue weighted by atomic mass is 10.0. The Morgan fingerprint density at radius 3 is 2.46 bits per heavy atom. The van der Waals surface area contributed by atoms with Gasteiger partial charge >= 0.3 is 0 Å². The lowest BCUT2D eigenvalue weighted by molar-refractivity contribution is 0.252. The van der Waals surface area contributed by atoms with E-state index in [1.807, 2.05) is 6.07 Å². The molecule has 1 saturated heterocycles. The van der Waals surface area contributed by atoms with E-state index in [0.717, 1.165) is 54.0 Å². The van der Waals surface area contributed by atoms with Gasteiger partial charge < -0.3 is 9.80 Å². The quantitative estimate of drug-likeness (QED) is 0.714. The van der Waals surface area contributed by atoms with Crippen molar-refractivity contribution in [3.8, 4) is 11.3 Å². The van der Waals surface area contributed by atoms with Gasteiger partial charge in [-0.3, -0.25) is 0 Å². The molecule has 0 N–H and O–H groups in total. The van der Waals surface area contributed by atoms with Crippen LogP contribution in [0.1, 0.15) is 18.4 Å². The van der Waals surface area contributed by atoms with Crippen LogP contribution in [0.15, 0.2) is 48.5 Å². The number of rotatable bonds is 3. The number of fused-ring (bicyclic) bond motifs is 1. The van der Waals surface area contributed by atoms with Crippen LogP contribution in [0.2, 0.25) is 0 Å². The van der Waals surface area contributed by atoms with Gasteiger partial charge in [0.1, 0.15) is 0 Å². The third-order valence-electron chi connectivity index (χ3n) is 5.44. The van der Waals surface area contributed by atoms with Crippen LogP contribution < -0.4 is 4.90 Å². The first kappa shape index (κ1) is 17.0. The lowest BCUT2D eigenvalue weighted by Gasteiger charge is -2.35. The molecule has 1 fully saturated rings. The molecule has 1 aliphatic rings. The lowest BCUT2D eigenvalue weighted by Crippen LogP contribution is -2.42. The summed E-state index contributed by atoms with van der Waals surface area (Å²) >= 11 is 0. The summed E-state index contributed by atoms with van der Waals surface area (Å²) in [6.45, 7) is 4.38. The molecule has 2 aromatic carbocycles. The molecule has 0 radical (unpaired) electrons. The van der Waals surface area contributed by atoms with Crippen molar-refractivity contribution in [2.75, 3.05) is 32.1 Å². The fourth-order valence-corrected chi connectivity index (χ4v) is 3.75. The number of hydrogen-bond donors (Lipinski definition) is 0. The average Bonchev–Trinajstić information content (AvgIpc) is 2.68. The first-order chi connectivity index (χ1) is 12.6. The van der Waals surface area contributed by atoms with Gasteiger partial charge in [-0.15, -0.1) is 0 Å². The molecule has 134 valence electrons. The van der Waals surface area contributed by atoms with Crippen molar-refractivity contribution in [3.05, 3.63) is 54.1 Å². The smallest absolute Gasteiger partial charge is 0.226 e. The highest BCUT2D eigenvalue weighted by Gasteiger charge is 2.23. The second-order valence-corrected chi connectivity index (χ2v) is 7.40. The SMILES string of the molecule is Cc1ccc2nc(N(C)C3CCN(C)CC3)nc(-c3ccccc3)c2c1. The normalized spacial score (nSPS) is 16.1. The van der Waals surface area contributed by atoms with E-state index in [2.05, 4.69) is 73.3 Å². The largest absolute Gasteiger partial charge is 0.341 e. The summed E-state index contributed by atoms with van der Waals surface area (Å²) in [5.74, 6) is 0.828. The van der Waals surface area contributed by atoms with Crippen molar-refractivity contribution >= 4 is 16.9 Å². The van der Waals surface area contributed by atoms with Gasteiger partial charge in [0.15, 0.2) is 0 Å². The molecule has 0 atom stereocenters. The second-order valence-electron chi connectivity index (χ2n) is 7.40. The predicted molar refractivity (Wildman–Crippen MR) is 109 cm³/mol. The Labute approximate surface area is 155 Å². The molecule has 0 aliphatic carbocycles. The summed E-state index contributed by atoms with van der Waals surface area (Å²) in [5, 5.41) is 1.12. The second kappa shape index (κ2) is 7.04. The molecule has 26 heavy (non-hydrogen) atoms. The highest BCUT2D eigenvalue weighted by Crippen LogP contribution is 2.30. The van der Waals surface area contributed by atoms with Crippen molar-refractivity contribution in [2.45, 2.75) is 25.8 Å². The van der Waals surface area contributed by atoms with Crippen molar-refractivity contribution in [2.24, 2.45) is 0 Å². The van der Waals surface area contributed by atoms with E-state index in [1.54, 1.807) is 0 Å². The summed E-state index contributed by atoms with van der Waals surface area (Å²) in [6, 6.07) is 17.4. The highest BCUT2D eigenvalue weighted by molar-refractivity contribution is 5.93. The van der Waals surface area contributed by atoms with Crippen LogP contribution in [0.25, 0.3) is 22.2 Å². The molecule has 1 aliphatic heterocycles. The average molecular weight is 346 g/mol. The summed E-state index contributed by atoms with van der Waals surface area (Å²) in [6.07, 6.45) is 2.31. The third-order valence-corrected chi connectivity index (χ3v) is 5.44. The first-order valence-electron chi connectivity index (χ1n) is 9.37. The first-order valence-corrected chi connectivity index (χ1v) is 9.37. The number of anilines is 1. The Kier molecular flexibility index (Phi) is 4.60. The molecule has 0 unspecified atom stereocenters. The van der Waals surface area contributed by atoms with E-state index in [4.69, 9.17) is 9.97 Å². The summed E-state index contributed by atoms with van der Waals surface area (Å²) in [4.78, 5) is 14.6. The topological polar surface area (TPSA) is 32.3 Å². The van der Waals surface area contributed by atoms with Crippen molar-refractivity contribution in [3.63, 3.8) is 0 Å². The molecular weight excluding hydrogens is 320 g/mol. The molecule has 0 saturated carbocycles. The number of nitrogens with zero attached hydrogens (tertiary/aromatic N) is 4. The molecular formula is C22H26N4. The molecule has 4 heteroatoms. The van der Waals surface area contributed by atoms with Gasteiger partial charge in [-0.05, 0) is 52.0 Å². The highest BCUT2D eigenvalue weighted by atomic mass is 15.3. The Morgan fingerprint density at radius 2 is 1.73 bits per heavy atom. The zero-order valence-corrected chi connectivity index (χ0v) is 15.8. The zero-order valence-electron chi connectivity index (χ0n) is 15.8. The molecule has 4 rings (SSSR count). The van der Waals surface area contributed by atoms with Gasteiger partial charge in [0.05, 0.1) is 11.2 Å². The number of aryl methyl sites for hydroxylation is 1. The number of aromatic nitrogens is 2. The Morgan fingerprint density at radius 1 is 1.00 bits per heavy atom. The van der Waals surface area contributed by atoms with Crippen LogP contribution >= 0.6 is 0 Å². The van der Waals surface area contributed by atoms with E-state index in [1.165, 1.54) is 5.56 Å². The van der Waals surface area contributed by atoms with E-state index in [9.17, 15) is 0 Å². The molecule has 0 bridgehead atoms. The number of likely N-dealkylation sites (tertiary alicyclic amines) is 1. The minimum Gasteiger partial charge on any atom is -0.341 e. The van der Waals surface area contributed by atoms with Crippen molar-refractivity contribution in [1.29, 1.82) is 0 Å². The Hall–Kier alpha value is -2.46. The van der Waals surface area contributed by atoms with Gasteiger partial charge in [-0.2, -0.15) is 0 Å².